The molecule has 0 aromatic heterocycles. The lowest BCUT2D eigenvalue weighted by Gasteiger charge is -2.22. The lowest BCUT2D eigenvalue weighted by molar-refractivity contribution is 0.495. The molecule has 0 spiro atoms. The lowest BCUT2D eigenvalue weighted by atomic mass is 10.0. The first-order chi connectivity index (χ1) is 9.09. The van der Waals surface area contributed by atoms with Crippen molar-refractivity contribution in [2.45, 2.75) is 25.9 Å². The molecule has 0 aliphatic heterocycles. The van der Waals surface area contributed by atoms with Crippen LogP contribution in [0.4, 0.5) is 0 Å². The van der Waals surface area contributed by atoms with E-state index >= 15 is 0 Å². The zero-order valence-electron chi connectivity index (χ0n) is 11.0. The van der Waals surface area contributed by atoms with E-state index in [4.69, 9.17) is 23.2 Å². The van der Waals surface area contributed by atoms with E-state index in [1.165, 1.54) is 0 Å². The van der Waals surface area contributed by atoms with Crippen LogP contribution in [0.25, 0.3) is 0 Å². The summed E-state index contributed by atoms with van der Waals surface area (Å²) in [6.45, 7) is 4.21. The van der Waals surface area contributed by atoms with Gasteiger partial charge in [-0.1, -0.05) is 59.6 Å². The quantitative estimate of drug-likeness (QED) is 0.795. The Morgan fingerprint density at radius 2 is 1.11 bits per heavy atom. The first-order valence-electron chi connectivity index (χ1n) is 6.34. The molecular weight excluding hydrogens is 277 g/mol. The topological polar surface area (TPSA) is 12.0 Å². The fraction of sp³-hybridized carbons (Fsp3) is 0.250. The van der Waals surface area contributed by atoms with Crippen LogP contribution in [-0.2, 0) is 0 Å². The van der Waals surface area contributed by atoms with Crippen molar-refractivity contribution >= 4 is 23.2 Å². The molecule has 0 heterocycles. The molecule has 0 bridgehead atoms. The van der Waals surface area contributed by atoms with Gasteiger partial charge in [0.2, 0.25) is 0 Å². The second-order valence-electron chi connectivity index (χ2n) is 4.65. The smallest absolute Gasteiger partial charge is 0.0453 e. The van der Waals surface area contributed by atoms with E-state index in [0.717, 1.165) is 21.2 Å². The molecule has 2 aromatic carbocycles. The van der Waals surface area contributed by atoms with Gasteiger partial charge >= 0.3 is 0 Å². The van der Waals surface area contributed by atoms with Gasteiger partial charge in [-0.15, -0.1) is 0 Å². The SMILES string of the molecule is CC(NC(C)c1ccccc1Cl)c1ccccc1Cl. The van der Waals surface area contributed by atoms with Crippen molar-refractivity contribution < 1.29 is 0 Å². The molecule has 2 unspecified atom stereocenters. The molecule has 19 heavy (non-hydrogen) atoms. The maximum Gasteiger partial charge on any atom is 0.0453 e. The van der Waals surface area contributed by atoms with E-state index in [1.807, 2.05) is 48.5 Å². The summed E-state index contributed by atoms with van der Waals surface area (Å²) in [6, 6.07) is 16.1. The molecule has 0 aliphatic carbocycles. The van der Waals surface area contributed by atoms with Crippen molar-refractivity contribution in [3.8, 4) is 0 Å². The van der Waals surface area contributed by atoms with Crippen LogP contribution in [0.5, 0.6) is 0 Å². The Labute approximate surface area is 124 Å². The predicted molar refractivity (Wildman–Crippen MR) is 82.9 cm³/mol. The molecule has 0 fully saturated rings. The highest BCUT2D eigenvalue weighted by Crippen LogP contribution is 2.27. The predicted octanol–water partition coefficient (Wildman–Crippen LogP) is 5.41. The lowest BCUT2D eigenvalue weighted by Crippen LogP contribution is -2.22. The van der Waals surface area contributed by atoms with Crippen LogP contribution >= 0.6 is 23.2 Å². The van der Waals surface area contributed by atoms with Crippen LogP contribution in [0.15, 0.2) is 48.5 Å². The van der Waals surface area contributed by atoms with Crippen LogP contribution < -0.4 is 5.32 Å². The van der Waals surface area contributed by atoms with Gasteiger partial charge in [-0.3, -0.25) is 0 Å². The largest absolute Gasteiger partial charge is 0.304 e. The van der Waals surface area contributed by atoms with Crippen molar-refractivity contribution in [3.05, 3.63) is 69.7 Å². The minimum absolute atomic E-state index is 0.167. The third-order valence-electron chi connectivity index (χ3n) is 3.24. The van der Waals surface area contributed by atoms with Gasteiger partial charge in [0.1, 0.15) is 0 Å². The van der Waals surface area contributed by atoms with Gasteiger partial charge in [-0.2, -0.15) is 0 Å². The molecule has 2 atom stereocenters. The van der Waals surface area contributed by atoms with Gasteiger partial charge in [-0.05, 0) is 37.1 Å². The maximum atomic E-state index is 6.21. The molecule has 100 valence electrons. The number of hydrogen-bond donors (Lipinski definition) is 1. The van der Waals surface area contributed by atoms with Gasteiger partial charge in [0.05, 0.1) is 0 Å². The van der Waals surface area contributed by atoms with Gasteiger partial charge in [0.25, 0.3) is 0 Å². The summed E-state index contributed by atoms with van der Waals surface area (Å²) in [5.41, 5.74) is 2.20. The van der Waals surface area contributed by atoms with E-state index < -0.39 is 0 Å². The molecule has 0 saturated carbocycles. The third-order valence-corrected chi connectivity index (χ3v) is 3.93. The van der Waals surface area contributed by atoms with E-state index in [-0.39, 0.29) is 12.1 Å². The zero-order valence-corrected chi connectivity index (χ0v) is 12.5. The monoisotopic (exact) mass is 293 g/mol. The van der Waals surface area contributed by atoms with E-state index in [2.05, 4.69) is 19.2 Å². The van der Waals surface area contributed by atoms with E-state index in [1.54, 1.807) is 0 Å². The third kappa shape index (κ3) is 3.50. The molecule has 1 N–H and O–H groups in total. The molecule has 0 amide bonds. The molecule has 0 saturated heterocycles. The summed E-state index contributed by atoms with van der Waals surface area (Å²) >= 11 is 12.4. The Bertz CT molecular complexity index is 504. The summed E-state index contributed by atoms with van der Waals surface area (Å²) in [5, 5.41) is 5.10. The number of halogens is 2. The van der Waals surface area contributed by atoms with Crippen molar-refractivity contribution in [1.29, 1.82) is 0 Å². The normalized spacial score (nSPS) is 14.1. The molecule has 2 rings (SSSR count). The Hall–Kier alpha value is -1.02. The van der Waals surface area contributed by atoms with Crippen LogP contribution in [-0.4, -0.2) is 0 Å². The van der Waals surface area contributed by atoms with Gasteiger partial charge in [0, 0.05) is 22.1 Å². The Morgan fingerprint density at radius 3 is 1.47 bits per heavy atom. The maximum absolute atomic E-state index is 6.21. The van der Waals surface area contributed by atoms with E-state index in [9.17, 15) is 0 Å². The fourth-order valence-electron chi connectivity index (χ4n) is 2.21. The van der Waals surface area contributed by atoms with Crippen molar-refractivity contribution in [2.75, 3.05) is 0 Å². The minimum Gasteiger partial charge on any atom is -0.304 e. The van der Waals surface area contributed by atoms with Gasteiger partial charge in [0.15, 0.2) is 0 Å². The van der Waals surface area contributed by atoms with Crippen LogP contribution in [0.3, 0.4) is 0 Å². The standard InChI is InChI=1S/C16H17Cl2N/c1-11(13-7-3-5-9-15(13)17)19-12(2)14-8-4-6-10-16(14)18/h3-12,19H,1-2H3. The first-order valence-corrected chi connectivity index (χ1v) is 7.10. The average molecular weight is 294 g/mol. The second kappa shape index (κ2) is 6.42. The van der Waals surface area contributed by atoms with Crippen LogP contribution in [0, 0.1) is 0 Å². The molecule has 0 aliphatic rings. The van der Waals surface area contributed by atoms with Crippen LogP contribution in [0.1, 0.15) is 37.1 Å². The van der Waals surface area contributed by atoms with Crippen molar-refractivity contribution in [3.63, 3.8) is 0 Å². The number of hydrogen-bond acceptors (Lipinski definition) is 1. The molecular formula is C16H17Cl2N. The number of benzene rings is 2. The Kier molecular flexibility index (Phi) is 4.87. The highest BCUT2D eigenvalue weighted by molar-refractivity contribution is 6.31. The molecule has 0 radical (unpaired) electrons. The fourth-order valence-corrected chi connectivity index (χ4v) is 2.81. The highest BCUT2D eigenvalue weighted by atomic mass is 35.5. The molecule has 2 aromatic rings. The summed E-state index contributed by atoms with van der Waals surface area (Å²) in [7, 11) is 0. The summed E-state index contributed by atoms with van der Waals surface area (Å²) in [5.74, 6) is 0. The first kappa shape index (κ1) is 14.4. The number of rotatable bonds is 4. The summed E-state index contributed by atoms with van der Waals surface area (Å²) in [4.78, 5) is 0. The average Bonchev–Trinajstić information content (AvgIpc) is 2.39. The summed E-state index contributed by atoms with van der Waals surface area (Å²) in [6.07, 6.45) is 0. The minimum atomic E-state index is 0.167. The highest BCUT2D eigenvalue weighted by Gasteiger charge is 2.14. The molecule has 1 nitrogen and oxygen atoms in total. The number of nitrogens with one attached hydrogen (secondary N) is 1. The van der Waals surface area contributed by atoms with E-state index in [0.29, 0.717) is 0 Å². The zero-order chi connectivity index (χ0) is 13.8. The van der Waals surface area contributed by atoms with Gasteiger partial charge in [-0.25, -0.2) is 0 Å². The summed E-state index contributed by atoms with van der Waals surface area (Å²) < 4.78 is 0. The molecule has 3 heteroatoms. The Balaban J connectivity index is 2.13. The van der Waals surface area contributed by atoms with Crippen LogP contribution in [0.2, 0.25) is 10.0 Å². The second-order valence-corrected chi connectivity index (χ2v) is 5.47. The van der Waals surface area contributed by atoms with Crippen molar-refractivity contribution in [2.24, 2.45) is 0 Å². The Morgan fingerprint density at radius 1 is 0.737 bits per heavy atom. The van der Waals surface area contributed by atoms with Crippen molar-refractivity contribution in [1.82, 2.24) is 5.32 Å². The van der Waals surface area contributed by atoms with Gasteiger partial charge < -0.3 is 5.32 Å².